The number of nitrogens with two attached hydrogens (primary N) is 1. The van der Waals surface area contributed by atoms with Gasteiger partial charge in [0.25, 0.3) is 0 Å². The van der Waals surface area contributed by atoms with Crippen molar-refractivity contribution in [1.29, 1.82) is 0 Å². The van der Waals surface area contributed by atoms with Crippen LogP contribution in [0.1, 0.15) is 24.5 Å². The van der Waals surface area contributed by atoms with E-state index in [1.807, 2.05) is 0 Å². The van der Waals surface area contributed by atoms with E-state index in [-0.39, 0.29) is 6.04 Å². The summed E-state index contributed by atoms with van der Waals surface area (Å²) in [6.07, 6.45) is 0.630. The number of aliphatic hydroxyl groups excluding tert-OH is 1. The molecular weight excluding hydrogens is 276 g/mol. The first kappa shape index (κ1) is 17.1. The third kappa shape index (κ3) is 5.50. The molecule has 1 heterocycles. The number of nitrogens with one attached hydrogen (secondary N) is 1. The predicted octanol–water partition coefficient (Wildman–Crippen LogP) is -0.0451. The largest absolute Gasteiger partial charge is 0.480 e. The standard InChI is InChI=1S/C9H11NO3.C5H9NO2/c10-7(9(12)13)8(11)6-4-2-1-3-5-6;7-5(8)4-2-1-3-6-4/h1-5,7-8,11H,10H2,(H,12,13);4,6H,1-3H2,(H,7,8)/t7-,8?;4-/m00/s1. The van der Waals surface area contributed by atoms with E-state index in [1.54, 1.807) is 30.3 Å². The fraction of sp³-hybridized carbons (Fsp3) is 0.429. The average Bonchev–Trinajstić information content (AvgIpc) is 3.01. The molecule has 0 spiro atoms. The summed E-state index contributed by atoms with van der Waals surface area (Å²) >= 11 is 0. The molecule has 7 nitrogen and oxygen atoms in total. The molecule has 1 aliphatic heterocycles. The van der Waals surface area contributed by atoms with Crippen molar-refractivity contribution >= 4 is 11.9 Å². The van der Waals surface area contributed by atoms with Gasteiger partial charge in [-0.25, -0.2) is 0 Å². The first-order valence-electron chi connectivity index (χ1n) is 6.61. The van der Waals surface area contributed by atoms with Crippen LogP contribution in [0, 0.1) is 0 Å². The molecule has 1 unspecified atom stereocenters. The first-order valence-corrected chi connectivity index (χ1v) is 6.61. The van der Waals surface area contributed by atoms with E-state index in [0.717, 1.165) is 19.4 Å². The SMILES string of the molecule is N[C@H](C(=O)O)C(O)c1ccccc1.O=C(O)[C@@H]1CCCN1. The predicted molar refractivity (Wildman–Crippen MR) is 75.7 cm³/mol. The van der Waals surface area contributed by atoms with Crippen LogP contribution in [0.4, 0.5) is 0 Å². The van der Waals surface area contributed by atoms with Crippen LogP contribution in [-0.4, -0.2) is 45.9 Å². The number of rotatable bonds is 4. The maximum Gasteiger partial charge on any atom is 0.323 e. The lowest BCUT2D eigenvalue weighted by Crippen LogP contribution is -2.36. The minimum atomic E-state index is -1.28. The van der Waals surface area contributed by atoms with Crippen molar-refractivity contribution in [1.82, 2.24) is 5.32 Å². The Labute approximate surface area is 122 Å². The number of carboxylic acids is 2. The van der Waals surface area contributed by atoms with Crippen LogP contribution in [0.3, 0.4) is 0 Å². The van der Waals surface area contributed by atoms with Gasteiger partial charge in [-0.3, -0.25) is 9.59 Å². The number of aliphatic carboxylic acids is 2. The third-order valence-electron chi connectivity index (χ3n) is 3.12. The smallest absolute Gasteiger partial charge is 0.323 e. The van der Waals surface area contributed by atoms with Gasteiger partial charge in [-0.1, -0.05) is 30.3 Å². The number of hydrogen-bond acceptors (Lipinski definition) is 5. The lowest BCUT2D eigenvalue weighted by molar-refractivity contribution is -0.141. The summed E-state index contributed by atoms with van der Waals surface area (Å²) < 4.78 is 0. The zero-order valence-electron chi connectivity index (χ0n) is 11.5. The fourth-order valence-electron chi connectivity index (χ4n) is 1.89. The van der Waals surface area contributed by atoms with Crippen molar-refractivity contribution < 1.29 is 24.9 Å². The second-order valence-electron chi connectivity index (χ2n) is 4.71. The van der Waals surface area contributed by atoms with Crippen LogP contribution >= 0.6 is 0 Å². The highest BCUT2D eigenvalue weighted by atomic mass is 16.4. The molecule has 116 valence electrons. The lowest BCUT2D eigenvalue weighted by Gasteiger charge is -2.14. The van der Waals surface area contributed by atoms with Gasteiger partial charge in [0.15, 0.2) is 0 Å². The number of carboxylic acid groups (broad SMARTS) is 2. The summed E-state index contributed by atoms with van der Waals surface area (Å²) in [5.41, 5.74) is 5.75. The second kappa shape index (κ2) is 8.35. The Morgan fingerprint density at radius 3 is 2.24 bits per heavy atom. The quantitative estimate of drug-likeness (QED) is 0.526. The van der Waals surface area contributed by atoms with Crippen molar-refractivity contribution in [2.45, 2.75) is 31.0 Å². The van der Waals surface area contributed by atoms with Gasteiger partial charge in [-0.2, -0.15) is 0 Å². The molecule has 1 aromatic carbocycles. The molecule has 0 bridgehead atoms. The first-order chi connectivity index (χ1) is 9.93. The van der Waals surface area contributed by atoms with Crippen LogP contribution in [0.2, 0.25) is 0 Å². The Bertz CT molecular complexity index is 460. The molecule has 0 radical (unpaired) electrons. The zero-order valence-corrected chi connectivity index (χ0v) is 11.5. The van der Waals surface area contributed by atoms with Crippen molar-refractivity contribution in [3.63, 3.8) is 0 Å². The molecule has 2 rings (SSSR count). The summed E-state index contributed by atoms with van der Waals surface area (Å²) in [5.74, 6) is -1.93. The summed E-state index contributed by atoms with van der Waals surface area (Å²) in [7, 11) is 0. The van der Waals surface area contributed by atoms with Crippen molar-refractivity contribution in [3.05, 3.63) is 35.9 Å². The van der Waals surface area contributed by atoms with E-state index < -0.39 is 24.1 Å². The van der Waals surface area contributed by atoms with E-state index in [1.165, 1.54) is 0 Å². The molecule has 0 aliphatic carbocycles. The van der Waals surface area contributed by atoms with Crippen LogP contribution < -0.4 is 11.1 Å². The molecule has 1 aliphatic rings. The number of aliphatic hydroxyl groups is 1. The van der Waals surface area contributed by atoms with Gasteiger partial charge < -0.3 is 26.4 Å². The molecular formula is C14H20N2O5. The molecule has 0 amide bonds. The Morgan fingerprint density at radius 2 is 1.86 bits per heavy atom. The maximum atomic E-state index is 10.4. The second-order valence-corrected chi connectivity index (χ2v) is 4.71. The molecule has 7 heteroatoms. The topological polar surface area (TPSA) is 133 Å². The number of hydrogen-bond donors (Lipinski definition) is 5. The van der Waals surface area contributed by atoms with Gasteiger partial charge in [0, 0.05) is 0 Å². The number of benzene rings is 1. The zero-order chi connectivity index (χ0) is 15.8. The third-order valence-corrected chi connectivity index (χ3v) is 3.12. The number of carbonyl (C=O) groups is 2. The Hall–Kier alpha value is -1.96. The van der Waals surface area contributed by atoms with Gasteiger partial charge in [-0.15, -0.1) is 0 Å². The highest BCUT2D eigenvalue weighted by molar-refractivity contribution is 5.74. The van der Waals surface area contributed by atoms with Gasteiger partial charge in [-0.05, 0) is 24.9 Å². The van der Waals surface area contributed by atoms with E-state index in [2.05, 4.69) is 5.32 Å². The molecule has 21 heavy (non-hydrogen) atoms. The minimum Gasteiger partial charge on any atom is -0.480 e. The Kier molecular flexibility index (Phi) is 6.80. The van der Waals surface area contributed by atoms with E-state index >= 15 is 0 Å². The van der Waals surface area contributed by atoms with Gasteiger partial charge in [0.1, 0.15) is 18.2 Å². The monoisotopic (exact) mass is 296 g/mol. The fourth-order valence-corrected chi connectivity index (χ4v) is 1.89. The van der Waals surface area contributed by atoms with E-state index in [9.17, 15) is 14.7 Å². The van der Waals surface area contributed by atoms with Crippen LogP contribution in [0.25, 0.3) is 0 Å². The van der Waals surface area contributed by atoms with Crippen LogP contribution in [-0.2, 0) is 9.59 Å². The minimum absolute atomic E-state index is 0.269. The summed E-state index contributed by atoms with van der Waals surface area (Å²) in [4.78, 5) is 20.6. The summed E-state index contributed by atoms with van der Waals surface area (Å²) in [5, 5.41) is 29.2. The molecule has 1 fully saturated rings. The normalized spacial score (nSPS) is 20.0. The molecule has 6 N–H and O–H groups in total. The van der Waals surface area contributed by atoms with Crippen LogP contribution in [0.15, 0.2) is 30.3 Å². The molecule has 3 atom stereocenters. The van der Waals surface area contributed by atoms with E-state index in [4.69, 9.17) is 15.9 Å². The maximum absolute atomic E-state index is 10.4. The highest BCUT2D eigenvalue weighted by Crippen LogP contribution is 2.14. The van der Waals surface area contributed by atoms with E-state index in [0.29, 0.717) is 5.56 Å². The van der Waals surface area contributed by atoms with Gasteiger partial charge >= 0.3 is 11.9 Å². The molecule has 1 aromatic rings. The molecule has 0 saturated carbocycles. The molecule has 1 saturated heterocycles. The van der Waals surface area contributed by atoms with Gasteiger partial charge in [0.2, 0.25) is 0 Å². The summed E-state index contributed by atoms with van der Waals surface area (Å²) in [6, 6.07) is 6.93. The van der Waals surface area contributed by atoms with Gasteiger partial charge in [0.05, 0.1) is 0 Å². The highest BCUT2D eigenvalue weighted by Gasteiger charge is 2.22. The van der Waals surface area contributed by atoms with Crippen molar-refractivity contribution in [2.75, 3.05) is 6.54 Å². The van der Waals surface area contributed by atoms with Crippen molar-refractivity contribution in [3.8, 4) is 0 Å². The lowest BCUT2D eigenvalue weighted by atomic mass is 10.0. The molecule has 0 aromatic heterocycles. The Balaban J connectivity index is 0.000000235. The Morgan fingerprint density at radius 1 is 1.24 bits per heavy atom. The van der Waals surface area contributed by atoms with Crippen molar-refractivity contribution in [2.24, 2.45) is 5.73 Å². The average molecular weight is 296 g/mol. The van der Waals surface area contributed by atoms with Crippen LogP contribution in [0.5, 0.6) is 0 Å². The summed E-state index contributed by atoms with van der Waals surface area (Å²) in [6.45, 7) is 0.858.